The van der Waals surface area contributed by atoms with Crippen molar-refractivity contribution in [2.24, 2.45) is 0 Å². The molecule has 19 heavy (non-hydrogen) atoms. The largest absolute Gasteiger partial charge is 0.497 e. The summed E-state index contributed by atoms with van der Waals surface area (Å²) in [5.41, 5.74) is 1.02. The van der Waals surface area contributed by atoms with Gasteiger partial charge in [0.05, 0.1) is 19.4 Å². The first kappa shape index (κ1) is 17.6. The highest BCUT2D eigenvalue weighted by molar-refractivity contribution is 7.49. The van der Waals surface area contributed by atoms with Gasteiger partial charge in [0.25, 0.3) is 0 Å². The van der Waals surface area contributed by atoms with E-state index in [2.05, 4.69) is 0 Å². The number of benzene rings is 1. The molecule has 1 aliphatic heterocycles. The molecule has 0 atom stereocenters. The molecule has 0 unspecified atom stereocenters. The predicted molar refractivity (Wildman–Crippen MR) is 70.9 cm³/mol. The molecule has 8 nitrogen and oxygen atoms in total. The van der Waals surface area contributed by atoms with Crippen LogP contribution in [0.15, 0.2) is 30.3 Å². The van der Waals surface area contributed by atoms with Gasteiger partial charge in [-0.3, -0.25) is 4.84 Å². The van der Waals surface area contributed by atoms with Crippen molar-refractivity contribution in [2.45, 2.75) is 0 Å². The molecule has 0 fully saturated rings. The molecule has 1 aliphatic rings. The molecule has 2 rings (SSSR count). The van der Waals surface area contributed by atoms with Gasteiger partial charge in [-0.2, -0.15) is 4.83 Å². The Kier molecular flexibility index (Phi) is 6.17. The molecule has 1 heterocycles. The average molecular weight is 291 g/mol. The number of hydrogen-bond donors (Lipinski definition) is 4. The highest BCUT2D eigenvalue weighted by Crippen LogP contribution is 2.48. The minimum Gasteiger partial charge on any atom is -0.497 e. The lowest BCUT2D eigenvalue weighted by Gasteiger charge is -2.21. The van der Waals surface area contributed by atoms with Gasteiger partial charge in [-0.25, -0.2) is 4.57 Å². The normalized spacial score (nSPS) is 14.3. The van der Waals surface area contributed by atoms with E-state index >= 15 is 0 Å². The van der Waals surface area contributed by atoms with Crippen LogP contribution in [-0.2, 0) is 9.40 Å². The first-order valence-electron chi connectivity index (χ1n) is 4.86. The van der Waals surface area contributed by atoms with E-state index in [0.717, 1.165) is 0 Å². The summed E-state index contributed by atoms with van der Waals surface area (Å²) in [5.74, 6) is 0.677. The van der Waals surface area contributed by atoms with Gasteiger partial charge < -0.3 is 26.8 Å². The summed E-state index contributed by atoms with van der Waals surface area (Å²) in [6, 6.07) is 6.85. The zero-order valence-electron chi connectivity index (χ0n) is 10.5. The number of nitrogens with zero attached hydrogens (tertiary/aromatic N) is 1. The zero-order valence-corrected chi connectivity index (χ0v) is 11.4. The molecular formula is C10H18N3O5P. The molecule has 0 amide bonds. The van der Waals surface area contributed by atoms with E-state index in [1.807, 2.05) is 0 Å². The van der Waals surface area contributed by atoms with Gasteiger partial charge in [-0.15, -0.1) is 0 Å². The second-order valence-corrected chi connectivity index (χ2v) is 4.79. The molecule has 0 bridgehead atoms. The molecule has 9 heteroatoms. The van der Waals surface area contributed by atoms with Crippen LogP contribution in [0.4, 0.5) is 0 Å². The number of hydrogen-bond acceptors (Lipinski definition) is 5. The maximum Gasteiger partial charge on any atom is 0.453 e. The van der Waals surface area contributed by atoms with Crippen LogP contribution in [0.5, 0.6) is 5.75 Å². The van der Waals surface area contributed by atoms with Crippen LogP contribution in [0.25, 0.3) is 5.70 Å². The smallest absolute Gasteiger partial charge is 0.453 e. The number of ether oxygens (including phenoxy) is 1. The third kappa shape index (κ3) is 3.77. The summed E-state index contributed by atoms with van der Waals surface area (Å²) in [4.78, 5) is 23.7. The Bertz CT molecular complexity index is 484. The van der Waals surface area contributed by atoms with Crippen LogP contribution in [-0.4, -0.2) is 28.3 Å². The van der Waals surface area contributed by atoms with E-state index in [1.165, 1.54) is 0 Å². The van der Waals surface area contributed by atoms with Crippen molar-refractivity contribution in [1.29, 1.82) is 0 Å². The van der Waals surface area contributed by atoms with E-state index in [9.17, 15) is 4.57 Å². The maximum atomic E-state index is 11.2. The summed E-state index contributed by atoms with van der Waals surface area (Å²) >= 11 is 0. The molecule has 0 saturated heterocycles. The van der Waals surface area contributed by atoms with Crippen molar-refractivity contribution >= 4 is 13.4 Å². The van der Waals surface area contributed by atoms with Crippen molar-refractivity contribution in [3.63, 3.8) is 0 Å². The monoisotopic (exact) mass is 291 g/mol. The van der Waals surface area contributed by atoms with Crippen LogP contribution in [0.3, 0.4) is 0 Å². The van der Waals surface area contributed by atoms with E-state index in [1.54, 1.807) is 37.5 Å². The minimum atomic E-state index is -4.44. The SMILES string of the molecule is COc1ccc(C2=CCON2P(=O)(O)O)cc1.N.N. The van der Waals surface area contributed by atoms with E-state index in [4.69, 9.17) is 19.4 Å². The number of hydroxylamine groups is 1. The maximum absolute atomic E-state index is 11.2. The third-order valence-electron chi connectivity index (χ3n) is 2.30. The second kappa shape index (κ2) is 6.67. The van der Waals surface area contributed by atoms with Crippen molar-refractivity contribution < 1.29 is 23.9 Å². The van der Waals surface area contributed by atoms with Crippen molar-refractivity contribution in [1.82, 2.24) is 17.1 Å². The van der Waals surface area contributed by atoms with Crippen LogP contribution in [0.1, 0.15) is 5.56 Å². The summed E-state index contributed by atoms with van der Waals surface area (Å²) in [6.07, 6.45) is 1.61. The molecule has 1 aromatic rings. The highest BCUT2D eigenvalue weighted by Gasteiger charge is 2.32. The number of rotatable bonds is 3. The van der Waals surface area contributed by atoms with Crippen LogP contribution >= 0.6 is 7.75 Å². The van der Waals surface area contributed by atoms with Crippen molar-refractivity contribution in [2.75, 3.05) is 13.7 Å². The van der Waals surface area contributed by atoms with E-state index in [-0.39, 0.29) is 18.9 Å². The summed E-state index contributed by atoms with van der Waals surface area (Å²) in [6.45, 7) is 0.145. The Balaban J connectivity index is 0.00000162. The quantitative estimate of drug-likeness (QED) is 0.614. The fraction of sp³-hybridized carbons (Fsp3) is 0.200. The van der Waals surface area contributed by atoms with Gasteiger partial charge >= 0.3 is 7.75 Å². The lowest BCUT2D eigenvalue weighted by Crippen LogP contribution is -2.13. The van der Waals surface area contributed by atoms with Gasteiger partial charge in [0.1, 0.15) is 5.75 Å². The average Bonchev–Trinajstić information content (AvgIpc) is 2.78. The van der Waals surface area contributed by atoms with Crippen molar-refractivity contribution in [3.8, 4) is 5.75 Å². The van der Waals surface area contributed by atoms with E-state index in [0.29, 0.717) is 21.8 Å². The first-order chi connectivity index (χ1) is 8.02. The molecule has 8 N–H and O–H groups in total. The molecule has 1 aromatic carbocycles. The fourth-order valence-electron chi connectivity index (χ4n) is 1.54. The topological polar surface area (TPSA) is 149 Å². The van der Waals surface area contributed by atoms with Gasteiger partial charge in [-0.1, -0.05) is 0 Å². The van der Waals surface area contributed by atoms with Gasteiger partial charge in [0.2, 0.25) is 0 Å². The Hall–Kier alpha value is -1.41. The standard InChI is InChI=1S/C10H12NO5P.2H3N/c1-15-9-4-2-8(3-5-9)10-6-7-16-11(10)17(12,13)14;;/h2-6H,7H2,1H3,(H2,12,13,14);2*1H3. The highest BCUT2D eigenvalue weighted by atomic mass is 31.2. The van der Waals surface area contributed by atoms with Crippen LogP contribution < -0.4 is 17.0 Å². The minimum absolute atomic E-state index is 0. The lowest BCUT2D eigenvalue weighted by atomic mass is 10.1. The number of methoxy groups -OCH3 is 1. The first-order valence-corrected chi connectivity index (χ1v) is 6.42. The Morgan fingerprint density at radius 3 is 2.32 bits per heavy atom. The van der Waals surface area contributed by atoms with Gasteiger partial charge in [-0.05, 0) is 30.3 Å². The van der Waals surface area contributed by atoms with E-state index < -0.39 is 7.75 Å². The Morgan fingerprint density at radius 2 is 1.84 bits per heavy atom. The Labute approximate surface area is 111 Å². The van der Waals surface area contributed by atoms with Gasteiger partial charge in [0.15, 0.2) is 0 Å². The van der Waals surface area contributed by atoms with Gasteiger partial charge in [0, 0.05) is 5.56 Å². The molecule has 0 saturated carbocycles. The van der Waals surface area contributed by atoms with Crippen LogP contribution in [0.2, 0.25) is 0 Å². The van der Waals surface area contributed by atoms with Crippen LogP contribution in [0, 0.1) is 0 Å². The fourth-order valence-corrected chi connectivity index (χ4v) is 2.23. The lowest BCUT2D eigenvalue weighted by molar-refractivity contribution is -0.0266. The second-order valence-electron chi connectivity index (χ2n) is 3.40. The summed E-state index contributed by atoms with van der Waals surface area (Å²) in [7, 11) is -2.89. The molecular weight excluding hydrogens is 273 g/mol. The molecule has 0 radical (unpaired) electrons. The Morgan fingerprint density at radius 1 is 1.26 bits per heavy atom. The summed E-state index contributed by atoms with van der Waals surface area (Å²) < 4.78 is 16.2. The third-order valence-corrected chi connectivity index (χ3v) is 3.11. The van der Waals surface area contributed by atoms with Crippen molar-refractivity contribution in [3.05, 3.63) is 35.9 Å². The molecule has 108 valence electrons. The molecule has 0 spiro atoms. The molecule has 0 aromatic heterocycles. The molecule has 0 aliphatic carbocycles. The summed E-state index contributed by atoms with van der Waals surface area (Å²) in [5, 5.41) is 0. The predicted octanol–water partition coefficient (Wildman–Crippen LogP) is 1.70. The zero-order chi connectivity index (χ0) is 12.5.